The maximum absolute atomic E-state index is 6.15. The van der Waals surface area contributed by atoms with Crippen molar-refractivity contribution in [1.82, 2.24) is 4.98 Å². The van der Waals surface area contributed by atoms with Crippen molar-refractivity contribution in [3.8, 4) is 0 Å². The van der Waals surface area contributed by atoms with E-state index in [-0.39, 0.29) is 0 Å². The van der Waals surface area contributed by atoms with Gasteiger partial charge in [-0.1, -0.05) is 11.6 Å². The normalized spacial score (nSPS) is 15.2. The maximum atomic E-state index is 6.15. The number of thiophene rings is 1. The summed E-state index contributed by atoms with van der Waals surface area (Å²) in [5, 5.41) is 2.08. The Bertz CT molecular complexity index is 475. The van der Waals surface area contributed by atoms with Crippen LogP contribution in [0.15, 0.2) is 12.3 Å². The van der Waals surface area contributed by atoms with E-state index in [1.165, 1.54) is 35.1 Å². The Morgan fingerprint density at radius 2 is 2.31 bits per heavy atom. The lowest BCUT2D eigenvalue weighted by atomic mass is 10.2. The van der Waals surface area contributed by atoms with Crippen LogP contribution in [0.2, 0.25) is 5.02 Å². The molecule has 1 aliphatic rings. The molecule has 0 N–H and O–H groups in total. The molecule has 1 aliphatic carbocycles. The van der Waals surface area contributed by atoms with Crippen LogP contribution in [0.5, 0.6) is 0 Å². The number of aromatic nitrogens is 1. The van der Waals surface area contributed by atoms with Crippen molar-refractivity contribution in [2.75, 3.05) is 0 Å². The van der Waals surface area contributed by atoms with Crippen molar-refractivity contribution in [2.45, 2.75) is 19.3 Å². The van der Waals surface area contributed by atoms with Gasteiger partial charge in [0, 0.05) is 16.5 Å². The number of aryl methyl sites for hydroxylation is 2. The van der Waals surface area contributed by atoms with Gasteiger partial charge in [-0.15, -0.1) is 11.3 Å². The molecule has 0 unspecified atom stereocenters. The van der Waals surface area contributed by atoms with E-state index in [0.29, 0.717) is 0 Å². The van der Waals surface area contributed by atoms with E-state index in [1.807, 2.05) is 6.07 Å². The second-order valence-electron chi connectivity index (χ2n) is 3.33. The molecule has 2 aromatic heterocycles. The first-order chi connectivity index (χ1) is 6.36. The molecule has 3 rings (SSSR count). The second-order valence-corrected chi connectivity index (χ2v) is 4.82. The number of rotatable bonds is 0. The van der Waals surface area contributed by atoms with Gasteiger partial charge in [-0.25, -0.2) is 4.98 Å². The molecule has 0 aliphatic heterocycles. The van der Waals surface area contributed by atoms with E-state index in [9.17, 15) is 0 Å². The van der Waals surface area contributed by atoms with Crippen LogP contribution in [0.4, 0.5) is 0 Å². The quantitative estimate of drug-likeness (QED) is 0.648. The highest BCUT2D eigenvalue weighted by atomic mass is 35.5. The van der Waals surface area contributed by atoms with Gasteiger partial charge in [-0.2, -0.15) is 0 Å². The summed E-state index contributed by atoms with van der Waals surface area (Å²) in [6, 6.07) is 1.88. The highest BCUT2D eigenvalue weighted by molar-refractivity contribution is 7.19. The molecule has 2 heterocycles. The van der Waals surface area contributed by atoms with Gasteiger partial charge in [0.15, 0.2) is 0 Å². The predicted molar refractivity (Wildman–Crippen MR) is 56.7 cm³/mol. The van der Waals surface area contributed by atoms with E-state index in [4.69, 9.17) is 11.6 Å². The number of hydrogen-bond acceptors (Lipinski definition) is 2. The van der Waals surface area contributed by atoms with Gasteiger partial charge >= 0.3 is 0 Å². The third kappa shape index (κ3) is 1.02. The number of fused-ring (bicyclic) bond motifs is 3. The summed E-state index contributed by atoms with van der Waals surface area (Å²) in [5.74, 6) is 0. The molecule has 0 saturated heterocycles. The summed E-state index contributed by atoms with van der Waals surface area (Å²) in [5.41, 5.74) is 1.46. The van der Waals surface area contributed by atoms with Crippen molar-refractivity contribution in [3.05, 3.63) is 27.7 Å². The van der Waals surface area contributed by atoms with E-state index in [1.54, 1.807) is 17.5 Å². The molecule has 0 aromatic carbocycles. The molecule has 2 aromatic rings. The zero-order valence-corrected chi connectivity index (χ0v) is 8.58. The lowest BCUT2D eigenvalue weighted by Gasteiger charge is -1.95. The molecule has 3 heteroatoms. The third-order valence-electron chi connectivity index (χ3n) is 2.55. The van der Waals surface area contributed by atoms with E-state index in [0.717, 1.165) is 9.85 Å². The second kappa shape index (κ2) is 2.69. The van der Waals surface area contributed by atoms with Crippen LogP contribution in [0.1, 0.15) is 16.9 Å². The minimum absolute atomic E-state index is 0.865. The smallest absolute Gasteiger partial charge is 0.125 e. The zero-order valence-electron chi connectivity index (χ0n) is 7.01. The average molecular weight is 210 g/mol. The Labute approximate surface area is 85.4 Å². The zero-order chi connectivity index (χ0) is 8.84. The van der Waals surface area contributed by atoms with Crippen molar-refractivity contribution in [1.29, 1.82) is 0 Å². The van der Waals surface area contributed by atoms with Crippen LogP contribution in [0.3, 0.4) is 0 Å². The Hall–Kier alpha value is -0.600. The SMILES string of the molecule is Clc1ccnc2sc3c(c12)CCC3. The molecule has 0 bridgehead atoms. The maximum Gasteiger partial charge on any atom is 0.125 e. The first kappa shape index (κ1) is 7.77. The molecular formula is C10H8ClNS. The molecule has 0 fully saturated rings. The minimum Gasteiger partial charge on any atom is -0.245 e. The molecule has 0 radical (unpaired) electrons. The van der Waals surface area contributed by atoms with Gasteiger partial charge in [-0.3, -0.25) is 0 Å². The number of pyridine rings is 1. The Kier molecular flexibility index (Phi) is 1.61. The molecule has 13 heavy (non-hydrogen) atoms. The number of hydrogen-bond donors (Lipinski definition) is 0. The first-order valence-corrected chi connectivity index (χ1v) is 5.60. The Balaban J connectivity index is 2.46. The lowest BCUT2D eigenvalue weighted by molar-refractivity contribution is 0.917. The predicted octanol–water partition coefficient (Wildman–Crippen LogP) is 3.44. The van der Waals surface area contributed by atoms with Crippen LogP contribution < -0.4 is 0 Å². The topological polar surface area (TPSA) is 12.9 Å². The molecule has 0 saturated carbocycles. The van der Waals surface area contributed by atoms with Gasteiger partial charge < -0.3 is 0 Å². The molecule has 0 atom stereocenters. The van der Waals surface area contributed by atoms with Crippen LogP contribution in [-0.4, -0.2) is 4.98 Å². The van der Waals surface area contributed by atoms with Crippen molar-refractivity contribution < 1.29 is 0 Å². The fourth-order valence-electron chi connectivity index (χ4n) is 1.98. The molecule has 0 spiro atoms. The Morgan fingerprint density at radius 1 is 1.38 bits per heavy atom. The monoisotopic (exact) mass is 209 g/mol. The van der Waals surface area contributed by atoms with Crippen molar-refractivity contribution in [2.24, 2.45) is 0 Å². The number of halogens is 1. The van der Waals surface area contributed by atoms with Crippen LogP contribution >= 0.6 is 22.9 Å². The summed E-state index contributed by atoms with van der Waals surface area (Å²) < 4.78 is 0. The average Bonchev–Trinajstić information content (AvgIpc) is 2.62. The van der Waals surface area contributed by atoms with Crippen molar-refractivity contribution >= 4 is 33.2 Å². The highest BCUT2D eigenvalue weighted by Crippen LogP contribution is 2.39. The largest absolute Gasteiger partial charge is 0.245 e. The standard InChI is InChI=1S/C10H8ClNS/c11-7-4-5-12-10-9(7)6-2-1-3-8(6)13-10/h4-5H,1-3H2. The summed E-state index contributed by atoms with van der Waals surface area (Å²) >= 11 is 7.95. The first-order valence-electron chi connectivity index (χ1n) is 4.41. The molecule has 1 nitrogen and oxygen atoms in total. The van der Waals surface area contributed by atoms with Crippen LogP contribution in [0.25, 0.3) is 10.2 Å². The summed E-state index contributed by atoms with van der Waals surface area (Å²) in [4.78, 5) is 6.94. The third-order valence-corrected chi connectivity index (χ3v) is 4.07. The lowest BCUT2D eigenvalue weighted by Crippen LogP contribution is -1.78. The van der Waals surface area contributed by atoms with Crippen LogP contribution in [-0.2, 0) is 12.8 Å². The van der Waals surface area contributed by atoms with E-state index in [2.05, 4.69) is 4.98 Å². The van der Waals surface area contributed by atoms with Gasteiger partial charge in [-0.05, 0) is 30.9 Å². The highest BCUT2D eigenvalue weighted by Gasteiger charge is 2.19. The summed E-state index contributed by atoms with van der Waals surface area (Å²) in [6.45, 7) is 0. The van der Waals surface area contributed by atoms with Gasteiger partial charge in [0.1, 0.15) is 4.83 Å². The Morgan fingerprint density at radius 3 is 3.23 bits per heavy atom. The molecule has 66 valence electrons. The van der Waals surface area contributed by atoms with Crippen molar-refractivity contribution in [3.63, 3.8) is 0 Å². The molecule has 0 amide bonds. The summed E-state index contributed by atoms with van der Waals surface area (Å²) in [6.07, 6.45) is 5.46. The van der Waals surface area contributed by atoms with Crippen LogP contribution in [0, 0.1) is 0 Å². The minimum atomic E-state index is 0.865. The number of nitrogens with zero attached hydrogens (tertiary/aromatic N) is 1. The van der Waals surface area contributed by atoms with E-state index < -0.39 is 0 Å². The fraction of sp³-hybridized carbons (Fsp3) is 0.300. The van der Waals surface area contributed by atoms with Gasteiger partial charge in [0.25, 0.3) is 0 Å². The van der Waals surface area contributed by atoms with E-state index >= 15 is 0 Å². The summed E-state index contributed by atoms with van der Waals surface area (Å²) in [7, 11) is 0. The van der Waals surface area contributed by atoms with Gasteiger partial charge in [0.2, 0.25) is 0 Å². The fourth-order valence-corrected chi connectivity index (χ4v) is 3.55. The molecular weight excluding hydrogens is 202 g/mol. The van der Waals surface area contributed by atoms with Gasteiger partial charge in [0.05, 0.1) is 5.02 Å².